The van der Waals surface area contributed by atoms with E-state index in [9.17, 15) is 4.79 Å². The molecule has 0 aliphatic heterocycles. The maximum Gasteiger partial charge on any atom is 0.287 e. The molecule has 15 heavy (non-hydrogen) atoms. The van der Waals surface area contributed by atoms with Crippen molar-refractivity contribution in [1.29, 1.82) is 0 Å². The summed E-state index contributed by atoms with van der Waals surface area (Å²) in [6.07, 6.45) is 4.57. The Morgan fingerprint density at radius 2 is 2.20 bits per heavy atom. The molecule has 1 aliphatic rings. The third-order valence-electron chi connectivity index (χ3n) is 2.71. The van der Waals surface area contributed by atoms with Crippen LogP contribution in [0.2, 0.25) is 0 Å². The van der Waals surface area contributed by atoms with Crippen molar-refractivity contribution in [3.63, 3.8) is 0 Å². The van der Waals surface area contributed by atoms with Crippen molar-refractivity contribution in [3.8, 4) is 0 Å². The summed E-state index contributed by atoms with van der Waals surface area (Å²) in [6, 6.07) is 3.72. The van der Waals surface area contributed by atoms with Gasteiger partial charge in [0.25, 0.3) is 5.91 Å². The van der Waals surface area contributed by atoms with Gasteiger partial charge in [0, 0.05) is 6.04 Å². The van der Waals surface area contributed by atoms with Gasteiger partial charge in [-0.05, 0) is 25.0 Å². The van der Waals surface area contributed by atoms with Gasteiger partial charge in [-0.2, -0.15) is 0 Å². The number of furan rings is 1. The van der Waals surface area contributed by atoms with Crippen LogP contribution in [0.15, 0.2) is 16.5 Å². The van der Waals surface area contributed by atoms with Gasteiger partial charge in [-0.15, -0.1) is 11.6 Å². The van der Waals surface area contributed by atoms with Crippen molar-refractivity contribution < 1.29 is 9.21 Å². The van der Waals surface area contributed by atoms with Gasteiger partial charge in [0.15, 0.2) is 5.76 Å². The minimum Gasteiger partial charge on any atom is -0.455 e. The molecule has 0 radical (unpaired) electrons. The van der Waals surface area contributed by atoms with Gasteiger partial charge in [-0.1, -0.05) is 12.8 Å². The van der Waals surface area contributed by atoms with Gasteiger partial charge in [0.05, 0.1) is 5.88 Å². The molecule has 1 N–H and O–H groups in total. The third-order valence-corrected chi connectivity index (χ3v) is 2.97. The second-order valence-electron chi connectivity index (χ2n) is 3.85. The maximum atomic E-state index is 11.7. The average molecular weight is 228 g/mol. The number of rotatable bonds is 3. The van der Waals surface area contributed by atoms with E-state index in [1.807, 2.05) is 0 Å². The molecule has 0 aromatic carbocycles. The van der Waals surface area contributed by atoms with Gasteiger partial charge in [0.2, 0.25) is 0 Å². The molecule has 0 bridgehead atoms. The van der Waals surface area contributed by atoms with Crippen LogP contribution in [0.25, 0.3) is 0 Å². The predicted molar refractivity (Wildman–Crippen MR) is 58.0 cm³/mol. The third kappa shape index (κ3) is 2.53. The van der Waals surface area contributed by atoms with Crippen LogP contribution in [0.5, 0.6) is 0 Å². The number of hydrogen-bond donors (Lipinski definition) is 1. The normalized spacial score (nSPS) is 16.9. The summed E-state index contributed by atoms with van der Waals surface area (Å²) in [5.41, 5.74) is 0. The molecule has 2 rings (SSSR count). The first-order valence-electron chi connectivity index (χ1n) is 5.25. The van der Waals surface area contributed by atoms with Crippen LogP contribution in [-0.4, -0.2) is 11.9 Å². The van der Waals surface area contributed by atoms with Crippen LogP contribution >= 0.6 is 11.6 Å². The highest BCUT2D eigenvalue weighted by molar-refractivity contribution is 6.16. The quantitative estimate of drug-likeness (QED) is 0.807. The first kappa shape index (κ1) is 10.6. The summed E-state index contributed by atoms with van der Waals surface area (Å²) in [4.78, 5) is 11.7. The fourth-order valence-corrected chi connectivity index (χ4v) is 2.04. The van der Waals surface area contributed by atoms with Crippen LogP contribution in [0, 0.1) is 0 Å². The molecule has 0 atom stereocenters. The van der Waals surface area contributed by atoms with E-state index in [0.29, 0.717) is 23.4 Å². The Hall–Kier alpha value is -0.960. The van der Waals surface area contributed by atoms with Gasteiger partial charge >= 0.3 is 0 Å². The van der Waals surface area contributed by atoms with Gasteiger partial charge in [-0.3, -0.25) is 4.79 Å². The van der Waals surface area contributed by atoms with E-state index in [0.717, 1.165) is 12.8 Å². The number of alkyl halides is 1. The Labute approximate surface area is 93.8 Å². The molecular formula is C11H14ClNO2. The number of carbonyl (C=O) groups excluding carboxylic acids is 1. The van der Waals surface area contributed by atoms with Crippen LogP contribution < -0.4 is 5.32 Å². The smallest absolute Gasteiger partial charge is 0.287 e. The van der Waals surface area contributed by atoms with Crippen LogP contribution in [0.3, 0.4) is 0 Å². The molecule has 1 fully saturated rings. The molecule has 1 aromatic heterocycles. The van der Waals surface area contributed by atoms with Gasteiger partial charge < -0.3 is 9.73 Å². The molecule has 82 valence electrons. The molecule has 1 amide bonds. The van der Waals surface area contributed by atoms with E-state index in [4.69, 9.17) is 16.0 Å². The predicted octanol–water partition coefficient (Wildman–Crippen LogP) is 2.69. The van der Waals surface area contributed by atoms with E-state index in [1.54, 1.807) is 12.1 Å². The lowest BCUT2D eigenvalue weighted by molar-refractivity contribution is 0.0908. The molecule has 0 unspecified atom stereocenters. The molecule has 1 aliphatic carbocycles. The first-order chi connectivity index (χ1) is 7.29. The van der Waals surface area contributed by atoms with Crippen molar-refractivity contribution >= 4 is 17.5 Å². The standard InChI is InChI=1S/C11H14ClNO2/c12-7-9-5-6-10(15-9)11(14)13-8-3-1-2-4-8/h5-6,8H,1-4,7H2,(H,13,14). The zero-order valence-corrected chi connectivity index (χ0v) is 9.22. The fraction of sp³-hybridized carbons (Fsp3) is 0.545. The summed E-state index contributed by atoms with van der Waals surface area (Å²) >= 11 is 5.59. The zero-order chi connectivity index (χ0) is 10.7. The number of hydrogen-bond acceptors (Lipinski definition) is 2. The lowest BCUT2D eigenvalue weighted by Crippen LogP contribution is -2.32. The van der Waals surface area contributed by atoms with E-state index < -0.39 is 0 Å². The van der Waals surface area contributed by atoms with E-state index >= 15 is 0 Å². The molecule has 1 saturated carbocycles. The van der Waals surface area contributed by atoms with E-state index in [1.165, 1.54) is 12.8 Å². The Morgan fingerprint density at radius 3 is 2.80 bits per heavy atom. The average Bonchev–Trinajstić information content (AvgIpc) is 2.86. The lowest BCUT2D eigenvalue weighted by atomic mass is 10.2. The monoisotopic (exact) mass is 227 g/mol. The lowest BCUT2D eigenvalue weighted by Gasteiger charge is -2.09. The zero-order valence-electron chi connectivity index (χ0n) is 8.46. The van der Waals surface area contributed by atoms with E-state index in [2.05, 4.69) is 5.32 Å². The molecule has 0 saturated heterocycles. The van der Waals surface area contributed by atoms with Crippen LogP contribution in [0.4, 0.5) is 0 Å². The maximum absolute atomic E-state index is 11.7. The SMILES string of the molecule is O=C(NC1CCCC1)c1ccc(CCl)o1. The number of carbonyl (C=O) groups is 1. The molecule has 1 aromatic rings. The second-order valence-corrected chi connectivity index (χ2v) is 4.12. The Bertz CT molecular complexity index is 342. The first-order valence-corrected chi connectivity index (χ1v) is 5.78. The summed E-state index contributed by atoms with van der Waals surface area (Å²) in [7, 11) is 0. The largest absolute Gasteiger partial charge is 0.455 e. The summed E-state index contributed by atoms with van der Waals surface area (Å²) in [5.74, 6) is 1.17. The number of amides is 1. The highest BCUT2D eigenvalue weighted by atomic mass is 35.5. The van der Waals surface area contributed by atoms with E-state index in [-0.39, 0.29) is 5.91 Å². The molecule has 1 heterocycles. The molecule has 3 nitrogen and oxygen atoms in total. The Morgan fingerprint density at radius 1 is 1.47 bits per heavy atom. The summed E-state index contributed by atoms with van der Waals surface area (Å²) in [6.45, 7) is 0. The molecular weight excluding hydrogens is 214 g/mol. The highest BCUT2D eigenvalue weighted by Crippen LogP contribution is 2.18. The molecule has 4 heteroatoms. The minimum atomic E-state index is -0.127. The topological polar surface area (TPSA) is 42.2 Å². The van der Waals surface area contributed by atoms with Crippen molar-refractivity contribution in [2.45, 2.75) is 37.6 Å². The molecule has 0 spiro atoms. The fourth-order valence-electron chi connectivity index (χ4n) is 1.90. The van der Waals surface area contributed by atoms with Crippen LogP contribution in [-0.2, 0) is 5.88 Å². The number of halogens is 1. The van der Waals surface area contributed by atoms with Crippen molar-refractivity contribution in [1.82, 2.24) is 5.32 Å². The second kappa shape index (κ2) is 4.71. The van der Waals surface area contributed by atoms with Gasteiger partial charge in [-0.25, -0.2) is 0 Å². The Kier molecular flexibility index (Phi) is 3.31. The van der Waals surface area contributed by atoms with Crippen LogP contribution in [0.1, 0.15) is 42.0 Å². The number of nitrogens with one attached hydrogen (secondary N) is 1. The minimum absolute atomic E-state index is 0.127. The van der Waals surface area contributed by atoms with Gasteiger partial charge in [0.1, 0.15) is 5.76 Å². The summed E-state index contributed by atoms with van der Waals surface area (Å²) < 4.78 is 5.26. The van der Waals surface area contributed by atoms with Crippen molar-refractivity contribution in [2.24, 2.45) is 0 Å². The van der Waals surface area contributed by atoms with Crippen molar-refractivity contribution in [2.75, 3.05) is 0 Å². The summed E-state index contributed by atoms with van der Waals surface area (Å²) in [5, 5.41) is 2.96. The highest BCUT2D eigenvalue weighted by Gasteiger charge is 2.19. The Balaban J connectivity index is 1.94. The van der Waals surface area contributed by atoms with Crippen molar-refractivity contribution in [3.05, 3.63) is 23.7 Å².